The summed E-state index contributed by atoms with van der Waals surface area (Å²) >= 11 is 0. The van der Waals surface area contributed by atoms with Crippen LogP contribution in [0.25, 0.3) is 54.6 Å². The van der Waals surface area contributed by atoms with Crippen molar-refractivity contribution in [3.63, 3.8) is 0 Å². The Morgan fingerprint density at radius 2 is 0.785 bits per heavy atom. The molecule has 0 N–H and O–H groups in total. The number of hydrogen-bond acceptors (Lipinski definition) is 2. The average molecular weight is 837 g/mol. The molecule has 0 saturated heterocycles. The first-order valence-corrected chi connectivity index (χ1v) is 22.1. The molecule has 0 heterocycles. The van der Waals surface area contributed by atoms with Crippen molar-refractivity contribution in [3.05, 3.63) is 264 Å². The largest absolute Gasteiger partial charge is 0.310 e. The highest BCUT2D eigenvalue weighted by molar-refractivity contribution is 6.22. The van der Waals surface area contributed by atoms with Crippen LogP contribution in [0.5, 0.6) is 0 Å². The minimum atomic E-state index is -0.675. The maximum Gasteiger partial charge on any atom is 0.125 e. The van der Waals surface area contributed by atoms with Gasteiger partial charge in [-0.1, -0.05) is 146 Å². The number of rotatable bonds is 6. The van der Waals surface area contributed by atoms with Gasteiger partial charge in [-0.2, -0.15) is 0 Å². The highest BCUT2D eigenvalue weighted by Gasteiger charge is 2.53. The van der Waals surface area contributed by atoms with Crippen molar-refractivity contribution in [3.8, 4) is 22.3 Å². The summed E-state index contributed by atoms with van der Waals surface area (Å²) in [5.74, 6) is -0.569. The summed E-state index contributed by atoms with van der Waals surface area (Å²) in [6, 6.07) is 78.8. The maximum atomic E-state index is 15.0. The first-order valence-electron chi connectivity index (χ1n) is 22.1. The lowest BCUT2D eigenvalue weighted by Gasteiger charge is -2.33. The molecule has 4 heteroatoms. The van der Waals surface area contributed by atoms with E-state index in [2.05, 4.69) is 155 Å². The Hall–Kier alpha value is -8.34. The number of anilines is 6. The summed E-state index contributed by atoms with van der Waals surface area (Å²) in [4.78, 5) is 4.27. The van der Waals surface area contributed by atoms with E-state index in [9.17, 15) is 4.39 Å². The third kappa shape index (κ3) is 5.44. The van der Waals surface area contributed by atoms with Crippen molar-refractivity contribution < 1.29 is 8.78 Å². The van der Waals surface area contributed by atoms with Gasteiger partial charge < -0.3 is 9.80 Å². The van der Waals surface area contributed by atoms with Crippen molar-refractivity contribution in [2.75, 3.05) is 9.80 Å². The maximum absolute atomic E-state index is 15.0. The van der Waals surface area contributed by atoms with Crippen LogP contribution in [0.4, 0.5) is 42.9 Å². The Morgan fingerprint density at radius 3 is 1.38 bits per heavy atom. The molecule has 0 saturated carbocycles. The van der Waals surface area contributed by atoms with Gasteiger partial charge in [0.05, 0.1) is 5.41 Å². The van der Waals surface area contributed by atoms with Gasteiger partial charge in [-0.25, -0.2) is 8.78 Å². The summed E-state index contributed by atoms with van der Waals surface area (Å²) in [7, 11) is 0. The molecule has 0 aliphatic heterocycles. The van der Waals surface area contributed by atoms with Crippen molar-refractivity contribution in [2.24, 2.45) is 0 Å². The van der Waals surface area contributed by atoms with Crippen LogP contribution >= 0.6 is 0 Å². The van der Waals surface area contributed by atoms with Gasteiger partial charge in [0.25, 0.3) is 0 Å². The average Bonchev–Trinajstić information content (AvgIpc) is 3.83. The topological polar surface area (TPSA) is 6.48 Å². The third-order valence-corrected chi connectivity index (χ3v) is 13.7. The van der Waals surface area contributed by atoms with Crippen molar-refractivity contribution >= 4 is 66.4 Å². The Bertz CT molecular complexity index is 3670. The normalized spacial score (nSPS) is 12.9. The fourth-order valence-corrected chi connectivity index (χ4v) is 11.2. The van der Waals surface area contributed by atoms with Gasteiger partial charge in [-0.15, -0.1) is 0 Å². The van der Waals surface area contributed by atoms with E-state index in [1.165, 1.54) is 67.4 Å². The number of fused-ring (bicyclic) bond motifs is 17. The summed E-state index contributed by atoms with van der Waals surface area (Å²) in [6.45, 7) is 0. The van der Waals surface area contributed by atoms with Crippen molar-refractivity contribution in [1.29, 1.82) is 0 Å². The van der Waals surface area contributed by atoms with Crippen LogP contribution in [0.15, 0.2) is 231 Å². The molecule has 65 heavy (non-hydrogen) atoms. The number of hydrogen-bond donors (Lipinski definition) is 0. The molecule has 2 aliphatic rings. The zero-order valence-electron chi connectivity index (χ0n) is 35.1. The smallest absolute Gasteiger partial charge is 0.125 e. The number of nitrogens with zero attached hydrogens (tertiary/aromatic N) is 2. The molecule has 0 aromatic heterocycles. The molecule has 0 amide bonds. The molecule has 2 aliphatic carbocycles. The minimum absolute atomic E-state index is 0.284. The van der Waals surface area contributed by atoms with Gasteiger partial charge in [-0.3, -0.25) is 0 Å². The van der Waals surface area contributed by atoms with Crippen LogP contribution in [-0.4, -0.2) is 0 Å². The van der Waals surface area contributed by atoms with Gasteiger partial charge in [0.2, 0.25) is 0 Å². The minimum Gasteiger partial charge on any atom is -0.310 e. The van der Waals surface area contributed by atoms with Crippen LogP contribution in [0.1, 0.15) is 22.3 Å². The van der Waals surface area contributed by atoms with Crippen molar-refractivity contribution in [2.45, 2.75) is 5.41 Å². The van der Waals surface area contributed by atoms with Gasteiger partial charge in [0.1, 0.15) is 11.6 Å². The molecule has 11 aromatic rings. The summed E-state index contributed by atoms with van der Waals surface area (Å²) in [5.41, 5.74) is 14.6. The van der Waals surface area contributed by atoms with Crippen LogP contribution in [-0.2, 0) is 5.41 Å². The molecule has 0 atom stereocenters. The molecule has 1 spiro atoms. The Morgan fingerprint density at radius 1 is 0.292 bits per heavy atom. The Kier molecular flexibility index (Phi) is 8.22. The summed E-state index contributed by atoms with van der Waals surface area (Å²) in [6.07, 6.45) is 0. The van der Waals surface area contributed by atoms with E-state index < -0.39 is 5.41 Å². The number of para-hydroxylation sites is 2. The molecule has 0 fully saturated rings. The van der Waals surface area contributed by atoms with E-state index >= 15 is 4.39 Å². The van der Waals surface area contributed by atoms with E-state index in [1.54, 1.807) is 24.3 Å². The van der Waals surface area contributed by atoms with E-state index in [1.807, 2.05) is 48.5 Å². The molecular formula is C61H38F2N2. The fraction of sp³-hybridized carbons (Fsp3) is 0.0164. The standard InChI is InChI=1S/C61H38F2N2/c62-40-15-13-21-44(36-40)64(42-17-3-1-4-18-42)46-30-33-48-39(35-46)29-32-54-58-52-26-8-7-23-49(52)55-38-47(65(43-19-5-2-6-20-43)45-22-14-16-41(63)37-45)31-34-53(55)60(58)61(59(48)54)56-27-11-9-24-50(56)51-25-10-12-28-57(51)61/h1-38H. The predicted molar refractivity (Wildman–Crippen MR) is 265 cm³/mol. The van der Waals surface area contributed by atoms with E-state index in [0.717, 1.165) is 55.7 Å². The van der Waals surface area contributed by atoms with E-state index in [4.69, 9.17) is 0 Å². The summed E-state index contributed by atoms with van der Waals surface area (Å²) < 4.78 is 29.9. The third-order valence-electron chi connectivity index (χ3n) is 13.7. The highest BCUT2D eigenvalue weighted by atomic mass is 19.1. The molecule has 0 unspecified atom stereocenters. The Labute approximate surface area is 375 Å². The number of benzene rings is 11. The molecular weight excluding hydrogens is 799 g/mol. The van der Waals surface area contributed by atoms with E-state index in [0.29, 0.717) is 0 Å². The molecule has 306 valence electrons. The van der Waals surface area contributed by atoms with Crippen LogP contribution in [0.3, 0.4) is 0 Å². The Balaban J connectivity index is 1.13. The first kappa shape index (κ1) is 37.2. The van der Waals surface area contributed by atoms with Crippen molar-refractivity contribution in [1.82, 2.24) is 0 Å². The van der Waals surface area contributed by atoms with Gasteiger partial charge >= 0.3 is 0 Å². The second kappa shape index (κ2) is 14.3. The van der Waals surface area contributed by atoms with Crippen LogP contribution in [0, 0.1) is 11.6 Å². The van der Waals surface area contributed by atoms with E-state index in [-0.39, 0.29) is 11.6 Å². The van der Waals surface area contributed by atoms with Gasteiger partial charge in [-0.05, 0) is 162 Å². The zero-order valence-corrected chi connectivity index (χ0v) is 35.1. The molecule has 0 radical (unpaired) electrons. The molecule has 13 rings (SSSR count). The second-order valence-electron chi connectivity index (χ2n) is 17.1. The molecule has 2 nitrogen and oxygen atoms in total. The monoisotopic (exact) mass is 836 g/mol. The predicted octanol–water partition coefficient (Wildman–Crippen LogP) is 16.7. The number of halogens is 2. The second-order valence-corrected chi connectivity index (χ2v) is 17.1. The molecule has 0 bridgehead atoms. The van der Waals surface area contributed by atoms with Gasteiger partial charge in [0.15, 0.2) is 0 Å². The summed E-state index contributed by atoms with van der Waals surface area (Å²) in [5, 5.41) is 6.89. The lowest BCUT2D eigenvalue weighted by molar-refractivity contribution is 0.627. The fourth-order valence-electron chi connectivity index (χ4n) is 11.2. The van der Waals surface area contributed by atoms with Gasteiger partial charge in [0, 0.05) is 34.1 Å². The lowest BCUT2D eigenvalue weighted by atomic mass is 9.68. The van der Waals surface area contributed by atoms with Crippen LogP contribution < -0.4 is 9.80 Å². The lowest BCUT2D eigenvalue weighted by Crippen LogP contribution is -2.26. The highest BCUT2D eigenvalue weighted by Crippen LogP contribution is 2.67. The zero-order chi connectivity index (χ0) is 43.2. The first-order chi connectivity index (χ1) is 32.1. The SMILES string of the molecule is Fc1cccc(N(c2ccccc2)c2ccc3c4c(ccc3c2)-c2c(c3ccc(N(c5ccccc5)c5cccc(F)c5)cc3c3ccccc23)C42c3ccccc3-c3ccccc32)c1. The quantitative estimate of drug-likeness (QED) is 0.154. The molecule has 11 aromatic carbocycles. The van der Waals surface area contributed by atoms with Crippen LogP contribution in [0.2, 0.25) is 0 Å².